The van der Waals surface area contributed by atoms with Crippen LogP contribution in [0, 0.1) is 0 Å². The minimum absolute atomic E-state index is 0.0400. The van der Waals surface area contributed by atoms with Gasteiger partial charge in [-0.3, -0.25) is 9.78 Å². The highest BCUT2D eigenvalue weighted by atomic mass is 16.2. The van der Waals surface area contributed by atoms with Gasteiger partial charge in [0, 0.05) is 33.5 Å². The summed E-state index contributed by atoms with van der Waals surface area (Å²) >= 11 is 0. The SMILES string of the molecule is CN(C)C(=O)CN(C)c1cnccn1. The maximum atomic E-state index is 11.4. The molecule has 0 saturated carbocycles. The smallest absolute Gasteiger partial charge is 0.241 e. The molecular weight excluding hydrogens is 180 g/mol. The Hall–Kier alpha value is -1.65. The highest BCUT2D eigenvalue weighted by molar-refractivity contribution is 5.80. The molecule has 1 aromatic heterocycles. The van der Waals surface area contributed by atoms with Crippen molar-refractivity contribution >= 4 is 11.7 Å². The molecule has 1 aromatic rings. The van der Waals surface area contributed by atoms with Gasteiger partial charge in [0.25, 0.3) is 0 Å². The molecule has 0 aliphatic carbocycles. The lowest BCUT2D eigenvalue weighted by atomic mass is 10.4. The number of amides is 1. The van der Waals surface area contributed by atoms with Gasteiger partial charge in [0.2, 0.25) is 5.91 Å². The van der Waals surface area contributed by atoms with E-state index in [1.54, 1.807) is 42.5 Å². The standard InChI is InChI=1S/C9H14N4O/c1-12(2)9(14)7-13(3)8-6-10-4-5-11-8/h4-6H,7H2,1-3H3. The van der Waals surface area contributed by atoms with Gasteiger partial charge in [-0.1, -0.05) is 0 Å². The van der Waals surface area contributed by atoms with Crippen LogP contribution < -0.4 is 4.90 Å². The highest BCUT2D eigenvalue weighted by Crippen LogP contribution is 2.03. The van der Waals surface area contributed by atoms with Crippen molar-refractivity contribution < 1.29 is 4.79 Å². The number of hydrogen-bond acceptors (Lipinski definition) is 4. The molecule has 14 heavy (non-hydrogen) atoms. The number of aromatic nitrogens is 2. The number of anilines is 1. The first kappa shape index (κ1) is 10.4. The Morgan fingerprint density at radius 2 is 2.07 bits per heavy atom. The fourth-order valence-corrected chi connectivity index (χ4v) is 0.914. The Labute approximate surface area is 83.4 Å². The van der Waals surface area contributed by atoms with E-state index < -0.39 is 0 Å². The van der Waals surface area contributed by atoms with E-state index in [0.29, 0.717) is 12.4 Å². The zero-order chi connectivity index (χ0) is 10.6. The molecule has 1 amide bonds. The predicted octanol–water partition coefficient (Wildman–Crippen LogP) is 0.001000. The van der Waals surface area contributed by atoms with Crippen molar-refractivity contribution in [3.63, 3.8) is 0 Å². The van der Waals surface area contributed by atoms with Crippen LogP contribution in [-0.2, 0) is 4.79 Å². The average Bonchev–Trinajstić information content (AvgIpc) is 2.19. The summed E-state index contributed by atoms with van der Waals surface area (Å²) in [5.74, 6) is 0.737. The summed E-state index contributed by atoms with van der Waals surface area (Å²) in [5.41, 5.74) is 0. The second kappa shape index (κ2) is 4.55. The first-order valence-corrected chi connectivity index (χ1v) is 4.28. The molecular formula is C9H14N4O. The zero-order valence-electron chi connectivity index (χ0n) is 8.64. The number of rotatable bonds is 3. The van der Waals surface area contributed by atoms with Crippen LogP contribution in [0.5, 0.6) is 0 Å². The van der Waals surface area contributed by atoms with Crippen molar-refractivity contribution in [3.8, 4) is 0 Å². The molecule has 0 aliphatic heterocycles. The summed E-state index contributed by atoms with van der Waals surface area (Å²) in [6.45, 7) is 0.311. The third-order valence-corrected chi connectivity index (χ3v) is 1.81. The van der Waals surface area contributed by atoms with Gasteiger partial charge in [0.05, 0.1) is 12.7 Å². The Morgan fingerprint density at radius 3 is 2.57 bits per heavy atom. The molecule has 1 heterocycles. The van der Waals surface area contributed by atoms with Crippen LogP contribution >= 0.6 is 0 Å². The largest absolute Gasteiger partial charge is 0.349 e. The third-order valence-electron chi connectivity index (χ3n) is 1.81. The highest BCUT2D eigenvalue weighted by Gasteiger charge is 2.09. The molecule has 1 rings (SSSR count). The van der Waals surface area contributed by atoms with E-state index in [9.17, 15) is 4.79 Å². The fourth-order valence-electron chi connectivity index (χ4n) is 0.914. The van der Waals surface area contributed by atoms with Gasteiger partial charge in [-0.25, -0.2) is 4.98 Å². The van der Waals surface area contributed by atoms with E-state index in [1.165, 1.54) is 0 Å². The normalized spacial score (nSPS) is 9.64. The molecule has 76 valence electrons. The second-order valence-electron chi connectivity index (χ2n) is 3.21. The van der Waals surface area contributed by atoms with Crippen LogP contribution in [0.3, 0.4) is 0 Å². The average molecular weight is 194 g/mol. The molecule has 0 N–H and O–H groups in total. The molecule has 0 saturated heterocycles. The van der Waals surface area contributed by atoms with Crippen molar-refractivity contribution in [3.05, 3.63) is 18.6 Å². The van der Waals surface area contributed by atoms with E-state index >= 15 is 0 Å². The quantitative estimate of drug-likeness (QED) is 0.679. The lowest BCUT2D eigenvalue weighted by Crippen LogP contribution is -2.34. The van der Waals surface area contributed by atoms with Gasteiger partial charge in [-0.2, -0.15) is 0 Å². The molecule has 0 spiro atoms. The van der Waals surface area contributed by atoms with Gasteiger partial charge in [-0.15, -0.1) is 0 Å². The summed E-state index contributed by atoms with van der Waals surface area (Å²) in [5, 5.41) is 0. The summed E-state index contributed by atoms with van der Waals surface area (Å²) in [6.07, 6.45) is 4.83. The van der Waals surface area contributed by atoms with Crippen LogP contribution in [0.4, 0.5) is 5.82 Å². The van der Waals surface area contributed by atoms with Crippen LogP contribution in [0.15, 0.2) is 18.6 Å². The molecule has 0 atom stereocenters. The summed E-state index contributed by atoms with van der Waals surface area (Å²) < 4.78 is 0. The van der Waals surface area contributed by atoms with E-state index in [4.69, 9.17) is 0 Å². The predicted molar refractivity (Wildman–Crippen MR) is 54.0 cm³/mol. The molecule has 0 fully saturated rings. The van der Waals surface area contributed by atoms with Crippen molar-refractivity contribution in [2.24, 2.45) is 0 Å². The lowest BCUT2D eigenvalue weighted by molar-refractivity contribution is -0.127. The molecule has 5 heteroatoms. The maximum Gasteiger partial charge on any atom is 0.241 e. The van der Waals surface area contributed by atoms with E-state index in [1.807, 2.05) is 7.05 Å². The van der Waals surface area contributed by atoms with Crippen molar-refractivity contribution in [2.75, 3.05) is 32.6 Å². The molecule has 0 aromatic carbocycles. The summed E-state index contributed by atoms with van der Waals surface area (Å²) in [6, 6.07) is 0. The van der Waals surface area contributed by atoms with E-state index in [-0.39, 0.29) is 5.91 Å². The third kappa shape index (κ3) is 2.69. The minimum atomic E-state index is 0.0400. The minimum Gasteiger partial charge on any atom is -0.349 e. The fraction of sp³-hybridized carbons (Fsp3) is 0.444. The number of nitrogens with zero attached hydrogens (tertiary/aromatic N) is 4. The second-order valence-corrected chi connectivity index (χ2v) is 3.21. The first-order chi connectivity index (χ1) is 6.61. The van der Waals surface area contributed by atoms with Gasteiger partial charge in [0.1, 0.15) is 5.82 Å². The Balaban J connectivity index is 2.59. The Morgan fingerprint density at radius 1 is 1.36 bits per heavy atom. The number of hydrogen-bond donors (Lipinski definition) is 0. The van der Waals surface area contributed by atoms with Crippen LogP contribution in [0.25, 0.3) is 0 Å². The molecule has 0 radical (unpaired) electrons. The van der Waals surface area contributed by atoms with E-state index in [0.717, 1.165) is 0 Å². The maximum absolute atomic E-state index is 11.4. The zero-order valence-corrected chi connectivity index (χ0v) is 8.64. The first-order valence-electron chi connectivity index (χ1n) is 4.28. The molecule has 0 aliphatic rings. The molecule has 0 bridgehead atoms. The number of carbonyl (C=O) groups is 1. The van der Waals surface area contributed by atoms with Gasteiger partial charge in [-0.05, 0) is 0 Å². The Kier molecular flexibility index (Phi) is 3.39. The summed E-state index contributed by atoms with van der Waals surface area (Å²) in [4.78, 5) is 22.7. The topological polar surface area (TPSA) is 49.3 Å². The van der Waals surface area contributed by atoms with Crippen LogP contribution in [0.2, 0.25) is 0 Å². The number of carbonyl (C=O) groups excluding carboxylic acids is 1. The summed E-state index contributed by atoms with van der Waals surface area (Å²) in [7, 11) is 5.27. The van der Waals surface area contributed by atoms with E-state index in [2.05, 4.69) is 9.97 Å². The monoisotopic (exact) mass is 194 g/mol. The molecule has 0 unspecified atom stereocenters. The van der Waals surface area contributed by atoms with Crippen LogP contribution in [-0.4, -0.2) is 48.5 Å². The van der Waals surface area contributed by atoms with Crippen LogP contribution in [0.1, 0.15) is 0 Å². The van der Waals surface area contributed by atoms with Gasteiger partial charge in [0.15, 0.2) is 0 Å². The Bertz CT molecular complexity index is 299. The van der Waals surface area contributed by atoms with Crippen molar-refractivity contribution in [1.29, 1.82) is 0 Å². The van der Waals surface area contributed by atoms with Crippen molar-refractivity contribution in [2.45, 2.75) is 0 Å². The van der Waals surface area contributed by atoms with Gasteiger partial charge >= 0.3 is 0 Å². The molecule has 5 nitrogen and oxygen atoms in total. The lowest BCUT2D eigenvalue weighted by Gasteiger charge is -2.19. The van der Waals surface area contributed by atoms with Crippen molar-refractivity contribution in [1.82, 2.24) is 14.9 Å². The van der Waals surface area contributed by atoms with Gasteiger partial charge < -0.3 is 9.80 Å². The number of likely N-dealkylation sites (N-methyl/N-ethyl adjacent to an activating group) is 2.